The Morgan fingerprint density at radius 2 is 1.84 bits per heavy atom. The van der Waals surface area contributed by atoms with Crippen LogP contribution in [0, 0.1) is 11.8 Å². The molecule has 0 heterocycles. The molecule has 5 heteroatoms. The molecule has 1 aliphatic rings. The van der Waals surface area contributed by atoms with Gasteiger partial charge in [0.25, 0.3) is 5.91 Å². The second-order valence-corrected chi connectivity index (χ2v) is 6.27. The summed E-state index contributed by atoms with van der Waals surface area (Å²) in [5.41, 5.74) is 1.23. The smallest absolute Gasteiger partial charge is 0.310 e. The Bertz CT molecular complexity index is 759. The van der Waals surface area contributed by atoms with Crippen LogP contribution in [0.25, 0.3) is 0 Å². The highest BCUT2D eigenvalue weighted by Crippen LogP contribution is 2.39. The number of amides is 1. The lowest BCUT2D eigenvalue weighted by atomic mass is 10.1. The van der Waals surface area contributed by atoms with Crippen molar-refractivity contribution in [1.29, 1.82) is 0 Å². The molecule has 3 atom stereocenters. The number of anilines is 1. The number of esters is 1. The average molecular weight is 339 g/mol. The molecule has 1 fully saturated rings. The third-order valence-corrected chi connectivity index (χ3v) is 4.32. The number of carbonyl (C=O) groups excluding carboxylic acids is 2. The van der Waals surface area contributed by atoms with Gasteiger partial charge in [0.15, 0.2) is 0 Å². The molecule has 2 aromatic carbocycles. The number of nitrogens with one attached hydrogen (secondary N) is 1. The van der Waals surface area contributed by atoms with E-state index >= 15 is 0 Å². The number of ether oxygens (including phenoxy) is 2. The summed E-state index contributed by atoms with van der Waals surface area (Å²) in [5.74, 6) is 0.155. The van der Waals surface area contributed by atoms with Crippen molar-refractivity contribution in [3.05, 3.63) is 60.2 Å². The monoisotopic (exact) mass is 339 g/mol. The third kappa shape index (κ3) is 4.18. The molecule has 1 N–H and O–H groups in total. The number of carbonyl (C=O) groups is 2. The first-order valence-corrected chi connectivity index (χ1v) is 8.29. The Morgan fingerprint density at radius 3 is 2.48 bits per heavy atom. The summed E-state index contributed by atoms with van der Waals surface area (Å²) in [5, 5.41) is 2.79. The van der Waals surface area contributed by atoms with Crippen molar-refractivity contribution in [1.82, 2.24) is 0 Å². The molecule has 3 rings (SSSR count). The van der Waals surface area contributed by atoms with E-state index in [4.69, 9.17) is 9.47 Å². The maximum atomic E-state index is 12.7. The Labute approximate surface area is 147 Å². The van der Waals surface area contributed by atoms with Gasteiger partial charge in [0.2, 0.25) is 6.10 Å². The summed E-state index contributed by atoms with van der Waals surface area (Å²) in [4.78, 5) is 25.0. The average Bonchev–Trinajstić information content (AvgIpc) is 3.37. The molecule has 0 aliphatic heterocycles. The second kappa shape index (κ2) is 7.38. The lowest BCUT2D eigenvalue weighted by Gasteiger charge is -2.18. The first kappa shape index (κ1) is 17.0. The number of hydrogen-bond acceptors (Lipinski definition) is 4. The molecule has 1 amide bonds. The van der Waals surface area contributed by atoms with Crippen LogP contribution in [-0.4, -0.2) is 19.0 Å². The maximum Gasteiger partial charge on any atom is 0.310 e. The van der Waals surface area contributed by atoms with Gasteiger partial charge in [0.1, 0.15) is 5.75 Å². The molecular formula is C20H21NO4. The van der Waals surface area contributed by atoms with Crippen LogP contribution in [0.5, 0.6) is 5.75 Å². The molecule has 1 saturated carbocycles. The molecule has 0 aromatic heterocycles. The van der Waals surface area contributed by atoms with Crippen LogP contribution in [-0.2, 0) is 14.3 Å². The van der Waals surface area contributed by atoms with Gasteiger partial charge in [-0.3, -0.25) is 9.59 Å². The maximum absolute atomic E-state index is 12.7. The van der Waals surface area contributed by atoms with Gasteiger partial charge in [-0.2, -0.15) is 0 Å². The van der Waals surface area contributed by atoms with Gasteiger partial charge in [0, 0.05) is 17.3 Å². The minimum absolute atomic E-state index is 0.101. The van der Waals surface area contributed by atoms with E-state index in [1.165, 1.54) is 0 Å². The highest BCUT2D eigenvalue weighted by atomic mass is 16.5. The van der Waals surface area contributed by atoms with Gasteiger partial charge >= 0.3 is 5.97 Å². The van der Waals surface area contributed by atoms with Gasteiger partial charge in [-0.1, -0.05) is 43.3 Å². The SMILES string of the molecule is COc1cccc(NC(=O)[C@@H](OC(=O)[C@H]2C[C@H]2C)c2ccccc2)c1. The van der Waals surface area contributed by atoms with E-state index in [-0.39, 0.29) is 17.8 Å². The van der Waals surface area contributed by atoms with Crippen LogP contribution in [0.15, 0.2) is 54.6 Å². The first-order chi connectivity index (χ1) is 12.1. The Kier molecular flexibility index (Phi) is 5.03. The van der Waals surface area contributed by atoms with Crippen molar-refractivity contribution >= 4 is 17.6 Å². The van der Waals surface area contributed by atoms with Gasteiger partial charge < -0.3 is 14.8 Å². The molecule has 0 radical (unpaired) electrons. The zero-order chi connectivity index (χ0) is 17.8. The van der Waals surface area contributed by atoms with E-state index in [1.54, 1.807) is 43.5 Å². The lowest BCUT2D eigenvalue weighted by Crippen LogP contribution is -2.26. The fraction of sp³-hybridized carbons (Fsp3) is 0.300. The molecular weight excluding hydrogens is 318 g/mol. The van der Waals surface area contributed by atoms with Crippen molar-refractivity contribution in [2.45, 2.75) is 19.4 Å². The summed E-state index contributed by atoms with van der Waals surface area (Å²) in [6.07, 6.45) is -0.162. The predicted molar refractivity (Wildman–Crippen MR) is 94.2 cm³/mol. The van der Waals surface area contributed by atoms with Gasteiger partial charge in [0.05, 0.1) is 13.0 Å². The van der Waals surface area contributed by atoms with Crippen molar-refractivity contribution in [2.24, 2.45) is 11.8 Å². The molecule has 0 bridgehead atoms. The molecule has 0 unspecified atom stereocenters. The highest BCUT2D eigenvalue weighted by Gasteiger charge is 2.42. The lowest BCUT2D eigenvalue weighted by molar-refractivity contribution is -0.156. The summed E-state index contributed by atoms with van der Waals surface area (Å²) >= 11 is 0. The van der Waals surface area contributed by atoms with Gasteiger partial charge in [-0.25, -0.2) is 0 Å². The molecule has 2 aromatic rings. The van der Waals surface area contributed by atoms with Crippen LogP contribution >= 0.6 is 0 Å². The summed E-state index contributed by atoms with van der Waals surface area (Å²) in [6, 6.07) is 16.1. The highest BCUT2D eigenvalue weighted by molar-refractivity contribution is 5.96. The molecule has 25 heavy (non-hydrogen) atoms. The zero-order valence-electron chi connectivity index (χ0n) is 14.3. The summed E-state index contributed by atoms with van der Waals surface area (Å²) in [7, 11) is 1.56. The quantitative estimate of drug-likeness (QED) is 0.817. The fourth-order valence-corrected chi connectivity index (χ4v) is 2.66. The molecule has 0 saturated heterocycles. The fourth-order valence-electron chi connectivity index (χ4n) is 2.66. The van der Waals surface area contributed by atoms with Crippen LogP contribution in [0.2, 0.25) is 0 Å². The second-order valence-electron chi connectivity index (χ2n) is 6.27. The van der Waals surface area contributed by atoms with Gasteiger partial charge in [-0.05, 0) is 24.5 Å². The van der Waals surface area contributed by atoms with Crippen molar-refractivity contribution in [2.75, 3.05) is 12.4 Å². The van der Waals surface area contributed by atoms with E-state index < -0.39 is 6.10 Å². The molecule has 130 valence electrons. The van der Waals surface area contributed by atoms with E-state index in [0.29, 0.717) is 22.9 Å². The van der Waals surface area contributed by atoms with Gasteiger partial charge in [-0.15, -0.1) is 0 Å². The standard InChI is InChI=1S/C20H21NO4/c1-13-11-17(13)20(23)25-18(14-7-4-3-5-8-14)19(22)21-15-9-6-10-16(12-15)24-2/h3-10,12-13,17-18H,11H2,1-2H3,(H,21,22)/t13-,17+,18+/m1/s1. The Morgan fingerprint density at radius 1 is 1.12 bits per heavy atom. The van der Waals surface area contributed by atoms with Crippen molar-refractivity contribution in [3.63, 3.8) is 0 Å². The third-order valence-electron chi connectivity index (χ3n) is 4.32. The van der Waals surface area contributed by atoms with Crippen LogP contribution in [0.3, 0.4) is 0 Å². The van der Waals surface area contributed by atoms with Crippen LogP contribution in [0.1, 0.15) is 25.0 Å². The largest absolute Gasteiger partial charge is 0.497 e. The number of benzene rings is 2. The number of hydrogen-bond donors (Lipinski definition) is 1. The van der Waals surface area contributed by atoms with Crippen LogP contribution in [0.4, 0.5) is 5.69 Å². The summed E-state index contributed by atoms with van der Waals surface area (Å²) in [6.45, 7) is 2.00. The van der Waals surface area contributed by atoms with E-state index in [0.717, 1.165) is 6.42 Å². The molecule has 0 spiro atoms. The molecule has 1 aliphatic carbocycles. The number of methoxy groups -OCH3 is 1. The van der Waals surface area contributed by atoms with E-state index in [2.05, 4.69) is 5.32 Å². The normalized spacial score (nSPS) is 19.6. The first-order valence-electron chi connectivity index (χ1n) is 8.29. The van der Waals surface area contributed by atoms with Crippen LogP contribution < -0.4 is 10.1 Å². The van der Waals surface area contributed by atoms with Crippen molar-refractivity contribution in [3.8, 4) is 5.75 Å². The predicted octanol–water partition coefficient (Wildman–Crippen LogP) is 3.57. The topological polar surface area (TPSA) is 64.6 Å². The molecule has 5 nitrogen and oxygen atoms in total. The Balaban J connectivity index is 1.77. The Hall–Kier alpha value is -2.82. The zero-order valence-corrected chi connectivity index (χ0v) is 14.3. The number of rotatable bonds is 6. The van der Waals surface area contributed by atoms with E-state index in [9.17, 15) is 9.59 Å². The van der Waals surface area contributed by atoms with E-state index in [1.807, 2.05) is 25.1 Å². The van der Waals surface area contributed by atoms with Crippen molar-refractivity contribution < 1.29 is 19.1 Å². The summed E-state index contributed by atoms with van der Waals surface area (Å²) < 4.78 is 10.7. The minimum Gasteiger partial charge on any atom is -0.497 e. The minimum atomic E-state index is -0.979.